The fraction of sp³-hybridized carbons (Fsp3) is 0.0667. The number of pyridine rings is 2. The first-order chi connectivity index (χ1) is 9.36. The standard InChI is InChI=1S/C15H12N2O2/c18-10-12-9-16-7-5-15(12)19-13-4-3-11-2-1-6-17-14(11)8-13/h1-9,18H,10H2. The van der Waals surface area contributed by atoms with Crippen molar-refractivity contribution in [2.75, 3.05) is 0 Å². The minimum atomic E-state index is -0.102. The van der Waals surface area contributed by atoms with Crippen molar-refractivity contribution in [3.8, 4) is 11.5 Å². The zero-order valence-corrected chi connectivity index (χ0v) is 10.2. The van der Waals surface area contributed by atoms with Gasteiger partial charge in [-0.3, -0.25) is 9.97 Å². The third-order valence-electron chi connectivity index (χ3n) is 2.83. The Balaban J connectivity index is 1.96. The smallest absolute Gasteiger partial charge is 0.136 e. The molecule has 0 fully saturated rings. The van der Waals surface area contributed by atoms with E-state index in [9.17, 15) is 5.11 Å². The van der Waals surface area contributed by atoms with Gasteiger partial charge in [0.1, 0.15) is 11.5 Å². The molecule has 94 valence electrons. The molecule has 4 nitrogen and oxygen atoms in total. The average Bonchev–Trinajstić information content (AvgIpc) is 2.48. The Morgan fingerprint density at radius 3 is 2.95 bits per heavy atom. The molecule has 4 heteroatoms. The van der Waals surface area contributed by atoms with Crippen LogP contribution in [0.5, 0.6) is 11.5 Å². The lowest BCUT2D eigenvalue weighted by molar-refractivity contribution is 0.276. The summed E-state index contributed by atoms with van der Waals surface area (Å²) in [5.74, 6) is 1.29. The molecule has 0 bridgehead atoms. The molecule has 0 spiro atoms. The molecular formula is C15H12N2O2. The quantitative estimate of drug-likeness (QED) is 0.778. The molecule has 0 amide bonds. The van der Waals surface area contributed by atoms with Gasteiger partial charge in [0.05, 0.1) is 12.1 Å². The number of aromatic nitrogens is 2. The van der Waals surface area contributed by atoms with Crippen LogP contribution in [0.2, 0.25) is 0 Å². The van der Waals surface area contributed by atoms with Crippen LogP contribution in [0.4, 0.5) is 0 Å². The predicted octanol–water partition coefficient (Wildman–Crippen LogP) is 2.91. The zero-order chi connectivity index (χ0) is 13.1. The lowest BCUT2D eigenvalue weighted by Crippen LogP contribution is -1.92. The summed E-state index contributed by atoms with van der Waals surface area (Å²) in [6, 6.07) is 11.3. The van der Waals surface area contributed by atoms with Crippen molar-refractivity contribution >= 4 is 10.9 Å². The van der Waals surface area contributed by atoms with Gasteiger partial charge >= 0.3 is 0 Å². The van der Waals surface area contributed by atoms with E-state index in [1.54, 1.807) is 24.7 Å². The SMILES string of the molecule is OCc1cnccc1Oc1ccc2cccnc2c1. The number of hydrogen-bond donors (Lipinski definition) is 1. The van der Waals surface area contributed by atoms with Crippen LogP contribution in [0.15, 0.2) is 55.0 Å². The van der Waals surface area contributed by atoms with Crippen molar-refractivity contribution in [3.05, 3.63) is 60.6 Å². The number of aliphatic hydroxyl groups is 1. The van der Waals surface area contributed by atoms with E-state index in [2.05, 4.69) is 9.97 Å². The van der Waals surface area contributed by atoms with Crippen molar-refractivity contribution in [1.82, 2.24) is 9.97 Å². The predicted molar refractivity (Wildman–Crippen MR) is 72.0 cm³/mol. The van der Waals surface area contributed by atoms with Gasteiger partial charge in [-0.1, -0.05) is 6.07 Å². The van der Waals surface area contributed by atoms with Gasteiger partial charge in [-0.25, -0.2) is 0 Å². The average molecular weight is 252 g/mol. The number of rotatable bonds is 3. The Kier molecular flexibility index (Phi) is 3.08. The van der Waals surface area contributed by atoms with Crippen LogP contribution in [0.25, 0.3) is 10.9 Å². The maximum atomic E-state index is 9.24. The van der Waals surface area contributed by atoms with E-state index in [1.165, 1.54) is 0 Å². The molecule has 3 aromatic rings. The van der Waals surface area contributed by atoms with E-state index in [0.29, 0.717) is 17.1 Å². The minimum absolute atomic E-state index is 0.102. The molecule has 0 saturated heterocycles. The summed E-state index contributed by atoms with van der Waals surface area (Å²) < 4.78 is 5.77. The van der Waals surface area contributed by atoms with E-state index in [1.807, 2.05) is 30.3 Å². The molecule has 2 aromatic heterocycles. The molecule has 0 aliphatic rings. The molecule has 0 unspecified atom stereocenters. The molecule has 2 heterocycles. The molecule has 1 aromatic carbocycles. The van der Waals surface area contributed by atoms with Gasteiger partial charge in [0.15, 0.2) is 0 Å². The normalized spacial score (nSPS) is 10.6. The summed E-state index contributed by atoms with van der Waals surface area (Å²) in [6.45, 7) is -0.102. The fourth-order valence-electron chi connectivity index (χ4n) is 1.87. The maximum absolute atomic E-state index is 9.24. The monoisotopic (exact) mass is 252 g/mol. The summed E-state index contributed by atoms with van der Waals surface area (Å²) >= 11 is 0. The topological polar surface area (TPSA) is 55.2 Å². The van der Waals surface area contributed by atoms with Crippen molar-refractivity contribution in [2.24, 2.45) is 0 Å². The summed E-state index contributed by atoms with van der Waals surface area (Å²) in [5, 5.41) is 10.3. The van der Waals surface area contributed by atoms with E-state index < -0.39 is 0 Å². The number of benzene rings is 1. The van der Waals surface area contributed by atoms with E-state index in [-0.39, 0.29) is 6.61 Å². The fourth-order valence-corrected chi connectivity index (χ4v) is 1.87. The lowest BCUT2D eigenvalue weighted by Gasteiger charge is -2.09. The van der Waals surface area contributed by atoms with Crippen LogP contribution in [0, 0.1) is 0 Å². The second-order valence-electron chi connectivity index (χ2n) is 4.10. The van der Waals surface area contributed by atoms with Gasteiger partial charge in [-0.2, -0.15) is 0 Å². The van der Waals surface area contributed by atoms with Crippen LogP contribution in [-0.2, 0) is 6.61 Å². The third-order valence-corrected chi connectivity index (χ3v) is 2.83. The summed E-state index contributed by atoms with van der Waals surface area (Å²) in [6.07, 6.45) is 4.97. The molecular weight excluding hydrogens is 240 g/mol. The highest BCUT2D eigenvalue weighted by atomic mass is 16.5. The first kappa shape index (κ1) is 11.6. The van der Waals surface area contributed by atoms with Gasteiger partial charge in [0, 0.05) is 35.6 Å². The Bertz CT molecular complexity index is 713. The number of ether oxygens (including phenoxy) is 1. The number of nitrogens with zero attached hydrogens (tertiary/aromatic N) is 2. The Hall–Kier alpha value is -2.46. The zero-order valence-electron chi connectivity index (χ0n) is 10.2. The first-order valence-corrected chi connectivity index (χ1v) is 5.93. The van der Waals surface area contributed by atoms with Gasteiger partial charge in [-0.15, -0.1) is 0 Å². The first-order valence-electron chi connectivity index (χ1n) is 5.93. The maximum Gasteiger partial charge on any atom is 0.136 e. The Morgan fingerprint density at radius 2 is 2.05 bits per heavy atom. The molecule has 1 N–H and O–H groups in total. The summed E-state index contributed by atoms with van der Waals surface area (Å²) in [7, 11) is 0. The largest absolute Gasteiger partial charge is 0.457 e. The molecule has 0 atom stereocenters. The molecule has 19 heavy (non-hydrogen) atoms. The van der Waals surface area contributed by atoms with E-state index >= 15 is 0 Å². The Morgan fingerprint density at radius 1 is 1.11 bits per heavy atom. The second kappa shape index (κ2) is 5.04. The second-order valence-corrected chi connectivity index (χ2v) is 4.10. The van der Waals surface area contributed by atoms with Crippen LogP contribution in [-0.4, -0.2) is 15.1 Å². The van der Waals surface area contributed by atoms with Gasteiger partial charge < -0.3 is 9.84 Å². The van der Waals surface area contributed by atoms with Gasteiger partial charge in [0.2, 0.25) is 0 Å². The number of hydrogen-bond acceptors (Lipinski definition) is 4. The highest BCUT2D eigenvalue weighted by Gasteiger charge is 2.04. The molecule has 0 saturated carbocycles. The highest BCUT2D eigenvalue weighted by molar-refractivity contribution is 5.79. The van der Waals surface area contributed by atoms with Gasteiger partial charge in [0.25, 0.3) is 0 Å². The molecule has 0 radical (unpaired) electrons. The summed E-state index contributed by atoms with van der Waals surface area (Å²) in [5.41, 5.74) is 1.53. The van der Waals surface area contributed by atoms with Crippen molar-refractivity contribution < 1.29 is 9.84 Å². The minimum Gasteiger partial charge on any atom is -0.457 e. The van der Waals surface area contributed by atoms with E-state index in [4.69, 9.17) is 4.74 Å². The van der Waals surface area contributed by atoms with E-state index in [0.717, 1.165) is 10.9 Å². The molecule has 0 aliphatic carbocycles. The molecule has 0 aliphatic heterocycles. The van der Waals surface area contributed by atoms with Crippen molar-refractivity contribution in [2.45, 2.75) is 6.61 Å². The summed E-state index contributed by atoms with van der Waals surface area (Å²) in [4.78, 5) is 8.24. The third kappa shape index (κ3) is 2.39. The van der Waals surface area contributed by atoms with Crippen LogP contribution < -0.4 is 4.74 Å². The van der Waals surface area contributed by atoms with Crippen molar-refractivity contribution in [1.29, 1.82) is 0 Å². The van der Waals surface area contributed by atoms with Crippen LogP contribution in [0.1, 0.15) is 5.56 Å². The Labute approximate surface area is 110 Å². The lowest BCUT2D eigenvalue weighted by atomic mass is 10.2. The van der Waals surface area contributed by atoms with Gasteiger partial charge in [-0.05, 0) is 24.3 Å². The highest BCUT2D eigenvalue weighted by Crippen LogP contribution is 2.26. The molecule has 3 rings (SSSR count). The van der Waals surface area contributed by atoms with Crippen LogP contribution >= 0.6 is 0 Å². The van der Waals surface area contributed by atoms with Crippen molar-refractivity contribution in [3.63, 3.8) is 0 Å². The number of fused-ring (bicyclic) bond motifs is 1. The number of aliphatic hydroxyl groups excluding tert-OH is 1. The van der Waals surface area contributed by atoms with Crippen LogP contribution in [0.3, 0.4) is 0 Å².